The van der Waals surface area contributed by atoms with Crippen LogP contribution in [-0.4, -0.2) is 10.9 Å². The molecule has 3 aromatic rings. The Morgan fingerprint density at radius 3 is 2.76 bits per heavy atom. The van der Waals surface area contributed by atoms with Crippen LogP contribution in [0.25, 0.3) is 10.9 Å². The van der Waals surface area contributed by atoms with E-state index in [2.05, 4.69) is 10.3 Å². The first-order chi connectivity index (χ1) is 10.1. The number of anilines is 1. The van der Waals surface area contributed by atoms with Crippen molar-refractivity contribution in [1.29, 1.82) is 0 Å². The van der Waals surface area contributed by atoms with Gasteiger partial charge in [-0.25, -0.2) is 4.39 Å². The molecule has 0 saturated heterocycles. The Labute approximate surface area is 125 Å². The first-order valence-corrected chi connectivity index (χ1v) is 6.63. The third-order valence-corrected chi connectivity index (χ3v) is 3.34. The lowest BCUT2D eigenvalue weighted by atomic mass is 10.1. The van der Waals surface area contributed by atoms with E-state index < -0.39 is 5.82 Å². The second-order valence-electron chi connectivity index (χ2n) is 4.46. The van der Waals surface area contributed by atoms with E-state index >= 15 is 0 Å². The van der Waals surface area contributed by atoms with E-state index in [0.29, 0.717) is 16.8 Å². The molecule has 0 spiro atoms. The molecule has 0 aliphatic rings. The summed E-state index contributed by atoms with van der Waals surface area (Å²) in [6.07, 6.45) is 1.63. The summed E-state index contributed by atoms with van der Waals surface area (Å²) in [4.78, 5) is 16.6. The molecule has 0 atom stereocenters. The number of nitrogens with zero attached hydrogens (tertiary/aromatic N) is 1. The van der Waals surface area contributed by atoms with E-state index in [1.54, 1.807) is 18.3 Å². The number of aromatic nitrogens is 1. The third-order valence-electron chi connectivity index (χ3n) is 3.05. The van der Waals surface area contributed by atoms with Gasteiger partial charge in [-0.05, 0) is 30.3 Å². The quantitative estimate of drug-likeness (QED) is 0.767. The molecular formula is C16H10ClFN2O. The zero-order valence-corrected chi connectivity index (χ0v) is 11.6. The Hall–Kier alpha value is -2.46. The Morgan fingerprint density at radius 1 is 1.14 bits per heavy atom. The first kappa shape index (κ1) is 13.5. The number of nitrogens with one attached hydrogen (secondary N) is 1. The lowest BCUT2D eigenvalue weighted by molar-refractivity contribution is 0.102. The van der Waals surface area contributed by atoms with Gasteiger partial charge in [0.1, 0.15) is 5.82 Å². The standard InChI is InChI=1S/C16H10ClFN2O/c17-13-9-11(6-7-14(13)18)20-16(21)12-5-1-3-10-4-2-8-19-15(10)12/h1-9H,(H,20,21). The zero-order chi connectivity index (χ0) is 14.8. The van der Waals surface area contributed by atoms with Gasteiger partial charge in [-0.2, -0.15) is 0 Å². The molecular weight excluding hydrogens is 291 g/mol. The minimum absolute atomic E-state index is 0.0381. The molecule has 0 fully saturated rings. The number of hydrogen-bond acceptors (Lipinski definition) is 2. The number of hydrogen-bond donors (Lipinski definition) is 1. The van der Waals surface area contributed by atoms with Gasteiger partial charge in [-0.3, -0.25) is 9.78 Å². The van der Waals surface area contributed by atoms with Gasteiger partial charge in [0.05, 0.1) is 16.1 Å². The number of carbonyl (C=O) groups is 1. The maximum Gasteiger partial charge on any atom is 0.257 e. The monoisotopic (exact) mass is 300 g/mol. The molecule has 1 N–H and O–H groups in total. The highest BCUT2D eigenvalue weighted by Crippen LogP contribution is 2.21. The van der Waals surface area contributed by atoms with Crippen molar-refractivity contribution in [3.63, 3.8) is 0 Å². The lowest BCUT2D eigenvalue weighted by Gasteiger charge is -2.08. The molecule has 104 valence electrons. The van der Waals surface area contributed by atoms with Crippen molar-refractivity contribution in [3.8, 4) is 0 Å². The molecule has 2 aromatic carbocycles. The molecule has 1 aromatic heterocycles. The first-order valence-electron chi connectivity index (χ1n) is 6.25. The largest absolute Gasteiger partial charge is 0.322 e. The molecule has 0 unspecified atom stereocenters. The molecule has 3 nitrogen and oxygen atoms in total. The highest BCUT2D eigenvalue weighted by atomic mass is 35.5. The molecule has 1 amide bonds. The lowest BCUT2D eigenvalue weighted by Crippen LogP contribution is -2.12. The fraction of sp³-hybridized carbons (Fsp3) is 0. The molecule has 0 aliphatic carbocycles. The van der Waals surface area contributed by atoms with Crippen molar-refractivity contribution < 1.29 is 9.18 Å². The van der Waals surface area contributed by atoms with Crippen LogP contribution < -0.4 is 5.32 Å². The fourth-order valence-electron chi connectivity index (χ4n) is 2.06. The smallest absolute Gasteiger partial charge is 0.257 e. The van der Waals surface area contributed by atoms with Crippen LogP contribution in [0.1, 0.15) is 10.4 Å². The van der Waals surface area contributed by atoms with Crippen molar-refractivity contribution in [3.05, 3.63) is 71.1 Å². The van der Waals surface area contributed by atoms with E-state index in [0.717, 1.165) is 5.39 Å². The summed E-state index contributed by atoms with van der Waals surface area (Å²) in [5, 5.41) is 3.53. The number of rotatable bonds is 2. The highest BCUT2D eigenvalue weighted by molar-refractivity contribution is 6.31. The number of carbonyl (C=O) groups excluding carboxylic acids is 1. The summed E-state index contributed by atoms with van der Waals surface area (Å²) in [7, 11) is 0. The van der Waals surface area contributed by atoms with E-state index in [-0.39, 0.29) is 10.9 Å². The average Bonchev–Trinajstić information content (AvgIpc) is 2.50. The summed E-state index contributed by atoms with van der Waals surface area (Å²) >= 11 is 5.70. The van der Waals surface area contributed by atoms with Crippen LogP contribution in [-0.2, 0) is 0 Å². The van der Waals surface area contributed by atoms with E-state index in [4.69, 9.17) is 11.6 Å². The average molecular weight is 301 g/mol. The van der Waals surface area contributed by atoms with Gasteiger partial charge in [0.2, 0.25) is 0 Å². The van der Waals surface area contributed by atoms with Crippen LogP contribution >= 0.6 is 11.6 Å². The number of pyridine rings is 1. The molecule has 0 aliphatic heterocycles. The van der Waals surface area contributed by atoms with Crippen LogP contribution in [0.2, 0.25) is 5.02 Å². The molecule has 21 heavy (non-hydrogen) atoms. The molecule has 1 heterocycles. The Morgan fingerprint density at radius 2 is 1.95 bits per heavy atom. The summed E-state index contributed by atoms with van der Waals surface area (Å²) in [6, 6.07) is 13.1. The predicted molar refractivity (Wildman–Crippen MR) is 81.1 cm³/mol. The Balaban J connectivity index is 1.95. The summed E-state index contributed by atoms with van der Waals surface area (Å²) in [5.41, 5.74) is 1.50. The maximum absolute atomic E-state index is 13.1. The summed E-state index contributed by atoms with van der Waals surface area (Å²) in [5.74, 6) is -0.844. The number of amides is 1. The van der Waals surface area contributed by atoms with Gasteiger partial charge in [-0.1, -0.05) is 29.8 Å². The van der Waals surface area contributed by atoms with E-state index in [1.165, 1.54) is 18.2 Å². The van der Waals surface area contributed by atoms with Crippen molar-refractivity contribution in [2.24, 2.45) is 0 Å². The predicted octanol–water partition coefficient (Wildman–Crippen LogP) is 4.28. The minimum Gasteiger partial charge on any atom is -0.322 e. The second-order valence-corrected chi connectivity index (χ2v) is 4.87. The summed E-state index contributed by atoms with van der Waals surface area (Å²) < 4.78 is 13.1. The number of halogens is 2. The maximum atomic E-state index is 13.1. The molecule has 3 rings (SSSR count). The van der Waals surface area contributed by atoms with Crippen molar-refractivity contribution in [2.45, 2.75) is 0 Å². The van der Waals surface area contributed by atoms with Crippen LogP contribution in [0.4, 0.5) is 10.1 Å². The third kappa shape index (κ3) is 2.71. The Bertz CT molecular complexity index is 830. The Kier molecular flexibility index (Phi) is 3.54. The topological polar surface area (TPSA) is 42.0 Å². The number of para-hydroxylation sites is 1. The summed E-state index contributed by atoms with van der Waals surface area (Å²) in [6.45, 7) is 0. The van der Waals surface area contributed by atoms with Gasteiger partial charge in [-0.15, -0.1) is 0 Å². The van der Waals surface area contributed by atoms with Gasteiger partial charge in [0.25, 0.3) is 5.91 Å². The van der Waals surface area contributed by atoms with Crippen LogP contribution in [0, 0.1) is 5.82 Å². The van der Waals surface area contributed by atoms with Gasteiger partial charge < -0.3 is 5.32 Å². The van der Waals surface area contributed by atoms with Crippen LogP contribution in [0.5, 0.6) is 0 Å². The highest BCUT2D eigenvalue weighted by Gasteiger charge is 2.11. The van der Waals surface area contributed by atoms with E-state index in [9.17, 15) is 9.18 Å². The van der Waals surface area contributed by atoms with Crippen LogP contribution in [0.15, 0.2) is 54.7 Å². The molecule has 0 saturated carbocycles. The van der Waals surface area contributed by atoms with Crippen LogP contribution in [0.3, 0.4) is 0 Å². The zero-order valence-electron chi connectivity index (χ0n) is 10.8. The second kappa shape index (κ2) is 5.50. The SMILES string of the molecule is O=C(Nc1ccc(F)c(Cl)c1)c1cccc2cccnc12. The normalized spacial score (nSPS) is 10.6. The number of fused-ring (bicyclic) bond motifs is 1. The van der Waals surface area contributed by atoms with Crippen molar-refractivity contribution in [1.82, 2.24) is 4.98 Å². The molecule has 5 heteroatoms. The van der Waals surface area contributed by atoms with E-state index in [1.807, 2.05) is 18.2 Å². The molecule has 0 radical (unpaired) electrons. The number of benzene rings is 2. The molecule has 0 bridgehead atoms. The van der Waals surface area contributed by atoms with Gasteiger partial charge in [0.15, 0.2) is 0 Å². The van der Waals surface area contributed by atoms with Crippen molar-refractivity contribution in [2.75, 3.05) is 5.32 Å². The van der Waals surface area contributed by atoms with Gasteiger partial charge >= 0.3 is 0 Å². The van der Waals surface area contributed by atoms with Crippen molar-refractivity contribution >= 4 is 34.1 Å². The fourth-order valence-corrected chi connectivity index (χ4v) is 2.24. The minimum atomic E-state index is -0.526. The van der Waals surface area contributed by atoms with Gasteiger partial charge in [0, 0.05) is 17.3 Å².